The van der Waals surface area contributed by atoms with E-state index in [0.29, 0.717) is 25.1 Å². The fourth-order valence-corrected chi connectivity index (χ4v) is 4.89. The number of anilines is 2. The fourth-order valence-electron chi connectivity index (χ4n) is 4.89. The normalized spacial score (nSPS) is 25.1. The van der Waals surface area contributed by atoms with Crippen molar-refractivity contribution in [2.75, 3.05) is 42.5 Å². The van der Waals surface area contributed by atoms with Crippen molar-refractivity contribution >= 4 is 24.5 Å². The molecule has 1 aromatic carbocycles. The third kappa shape index (κ3) is 4.11. The van der Waals surface area contributed by atoms with Gasteiger partial charge in [-0.2, -0.15) is 0 Å². The summed E-state index contributed by atoms with van der Waals surface area (Å²) in [5, 5.41) is 31.2. The summed E-state index contributed by atoms with van der Waals surface area (Å²) in [6.45, 7) is 4.40. The first kappa shape index (κ1) is 22.7. The molecule has 0 bridgehead atoms. The summed E-state index contributed by atoms with van der Waals surface area (Å²) < 4.78 is 0. The van der Waals surface area contributed by atoms with Gasteiger partial charge in [0.25, 0.3) is 10.9 Å². The number of aliphatic carboxylic acids is 1. The molecule has 0 amide bonds. The number of nitrogens with zero attached hydrogens (tertiary/aromatic N) is 2. The molecule has 0 unspecified atom stereocenters. The predicted molar refractivity (Wildman–Crippen MR) is 115 cm³/mol. The van der Waals surface area contributed by atoms with Crippen LogP contribution in [0.1, 0.15) is 32.6 Å². The molecule has 2 aliphatic heterocycles. The van der Waals surface area contributed by atoms with Gasteiger partial charge in [0.05, 0.1) is 0 Å². The van der Waals surface area contributed by atoms with Gasteiger partial charge in [-0.15, -0.1) is 0 Å². The monoisotopic (exact) mass is 422 g/mol. The summed E-state index contributed by atoms with van der Waals surface area (Å²) in [4.78, 5) is 40.6. The van der Waals surface area contributed by atoms with Crippen molar-refractivity contribution in [3.8, 4) is 0 Å². The van der Waals surface area contributed by atoms with Gasteiger partial charge in [-0.1, -0.05) is 6.42 Å². The molecule has 0 aromatic heterocycles. The molecule has 2 aliphatic rings. The Hall–Kier alpha value is -1.95. The van der Waals surface area contributed by atoms with Crippen LogP contribution < -0.4 is 31.7 Å². The van der Waals surface area contributed by atoms with Gasteiger partial charge in [-0.05, 0) is 45.6 Å². The molecule has 1 aromatic rings. The number of hydrogen-bond acceptors (Lipinski definition) is 9. The number of carbonyl (C=O) groups is 1. The maximum Gasteiger partial charge on any atom is 0.451 e. The Kier molecular flexibility index (Phi) is 6.86. The smallest absolute Gasteiger partial charge is 0.451 e. The van der Waals surface area contributed by atoms with Crippen LogP contribution in [0.15, 0.2) is 9.59 Å². The highest BCUT2D eigenvalue weighted by Crippen LogP contribution is 2.37. The molecular formula is C19H31BN4O6. The van der Waals surface area contributed by atoms with E-state index >= 15 is 0 Å². The van der Waals surface area contributed by atoms with Crippen molar-refractivity contribution in [3.05, 3.63) is 20.4 Å². The first-order chi connectivity index (χ1) is 14.2. The van der Waals surface area contributed by atoms with Crippen molar-refractivity contribution < 1.29 is 19.9 Å². The third-order valence-electron chi connectivity index (χ3n) is 6.59. The van der Waals surface area contributed by atoms with Crippen LogP contribution in [0.3, 0.4) is 0 Å². The van der Waals surface area contributed by atoms with E-state index in [0.717, 1.165) is 25.9 Å². The minimum atomic E-state index is -1.57. The molecule has 0 spiro atoms. The number of nitrogens with one attached hydrogen (secondary N) is 1. The molecule has 166 valence electrons. The van der Waals surface area contributed by atoms with Gasteiger partial charge < -0.3 is 36.0 Å². The average molecular weight is 422 g/mol. The first-order valence-corrected chi connectivity index (χ1v) is 10.6. The summed E-state index contributed by atoms with van der Waals surface area (Å²) in [7, 11) is -1.46. The van der Waals surface area contributed by atoms with E-state index in [1.54, 1.807) is 4.90 Å². The minimum absolute atomic E-state index is 0.0592. The summed E-state index contributed by atoms with van der Waals surface area (Å²) in [6.07, 6.45) is 2.64. The third-order valence-corrected chi connectivity index (χ3v) is 6.59. The van der Waals surface area contributed by atoms with Crippen molar-refractivity contribution in [1.29, 1.82) is 0 Å². The SMILES string of the molecule is CCN(c1c(N2C[C@H](CCCB(O)O)[C@](N)(C(=O)O)C2)c(=O)c1=O)C1CCNCC1. The average Bonchev–Trinajstić information content (AvgIpc) is 3.05. The topological polar surface area (TPSA) is 156 Å². The molecular weight excluding hydrogens is 391 g/mol. The standard InChI is InChI=1S/C19H31BN4O6/c1-2-24(13-5-8-22-9-6-13)15-14(16(25)17(15)26)23-10-12(4-3-7-20(29)30)19(21,11-23)18(27)28/h12-13,22,29-30H,2-11,21H2,1H3,(H,27,28)/t12-,19-/m0/s1. The van der Waals surface area contributed by atoms with Crippen LogP contribution in [0.2, 0.25) is 6.32 Å². The van der Waals surface area contributed by atoms with E-state index in [4.69, 9.17) is 15.8 Å². The molecule has 3 rings (SSSR count). The molecule has 10 nitrogen and oxygen atoms in total. The number of nitrogens with two attached hydrogens (primary N) is 1. The Morgan fingerprint density at radius 3 is 2.53 bits per heavy atom. The minimum Gasteiger partial charge on any atom is -0.480 e. The van der Waals surface area contributed by atoms with Crippen molar-refractivity contribution in [1.82, 2.24) is 5.32 Å². The van der Waals surface area contributed by atoms with E-state index < -0.39 is 35.4 Å². The summed E-state index contributed by atoms with van der Waals surface area (Å²) in [6, 6.07) is 0.157. The Morgan fingerprint density at radius 1 is 1.30 bits per heavy atom. The van der Waals surface area contributed by atoms with Crippen molar-refractivity contribution in [2.45, 2.75) is 50.5 Å². The first-order valence-electron chi connectivity index (χ1n) is 10.6. The number of carboxylic acids is 1. The molecule has 30 heavy (non-hydrogen) atoms. The van der Waals surface area contributed by atoms with Crippen LogP contribution in [-0.4, -0.2) is 72.5 Å². The van der Waals surface area contributed by atoms with Crippen LogP contribution in [0.25, 0.3) is 0 Å². The molecule has 0 aliphatic carbocycles. The number of carboxylic acid groups (broad SMARTS) is 1. The highest BCUT2D eigenvalue weighted by Gasteiger charge is 2.51. The quantitative estimate of drug-likeness (QED) is 0.230. The molecule has 2 saturated heterocycles. The lowest BCUT2D eigenvalue weighted by molar-refractivity contribution is -0.144. The number of rotatable bonds is 9. The lowest BCUT2D eigenvalue weighted by atomic mass is 9.78. The Balaban J connectivity index is 1.85. The van der Waals surface area contributed by atoms with Gasteiger partial charge in [0.15, 0.2) is 0 Å². The maximum atomic E-state index is 12.5. The second-order valence-corrected chi connectivity index (χ2v) is 8.46. The highest BCUT2D eigenvalue weighted by molar-refractivity contribution is 6.40. The lowest BCUT2D eigenvalue weighted by Gasteiger charge is -2.38. The zero-order valence-electron chi connectivity index (χ0n) is 17.3. The molecule has 11 heteroatoms. The Bertz CT molecular complexity index is 835. The summed E-state index contributed by atoms with van der Waals surface area (Å²) in [5.41, 5.74) is 4.23. The van der Waals surface area contributed by atoms with Crippen LogP contribution in [0, 0.1) is 5.92 Å². The maximum absolute atomic E-state index is 12.5. The summed E-state index contributed by atoms with van der Waals surface area (Å²) >= 11 is 0. The largest absolute Gasteiger partial charge is 0.480 e. The van der Waals surface area contributed by atoms with Crippen LogP contribution >= 0.6 is 0 Å². The van der Waals surface area contributed by atoms with Crippen LogP contribution in [0.4, 0.5) is 11.4 Å². The zero-order chi connectivity index (χ0) is 22.1. The number of hydrogen-bond donors (Lipinski definition) is 5. The Morgan fingerprint density at radius 2 is 1.97 bits per heavy atom. The molecule has 0 saturated carbocycles. The van der Waals surface area contributed by atoms with E-state index in [1.807, 2.05) is 11.8 Å². The molecule has 2 atom stereocenters. The number of piperidine rings is 1. The van der Waals surface area contributed by atoms with Gasteiger partial charge in [0.2, 0.25) is 0 Å². The fraction of sp³-hybridized carbons (Fsp3) is 0.737. The van der Waals surface area contributed by atoms with Gasteiger partial charge in [0.1, 0.15) is 16.9 Å². The molecule has 6 N–H and O–H groups in total. The highest BCUT2D eigenvalue weighted by atomic mass is 16.4. The molecule has 2 fully saturated rings. The second-order valence-electron chi connectivity index (χ2n) is 8.46. The summed E-state index contributed by atoms with van der Waals surface area (Å²) in [5.74, 6) is -1.63. The van der Waals surface area contributed by atoms with Crippen LogP contribution in [0.5, 0.6) is 0 Å². The van der Waals surface area contributed by atoms with E-state index in [2.05, 4.69) is 5.32 Å². The van der Waals surface area contributed by atoms with E-state index in [9.17, 15) is 19.5 Å². The van der Waals surface area contributed by atoms with Crippen molar-refractivity contribution in [3.63, 3.8) is 0 Å². The Labute approximate surface area is 175 Å². The van der Waals surface area contributed by atoms with Gasteiger partial charge in [-0.3, -0.25) is 14.4 Å². The van der Waals surface area contributed by atoms with Gasteiger partial charge >= 0.3 is 13.1 Å². The second kappa shape index (κ2) is 9.05. The predicted octanol–water partition coefficient (Wildman–Crippen LogP) is -1.67. The van der Waals surface area contributed by atoms with E-state index in [1.165, 1.54) is 0 Å². The molecule has 0 radical (unpaired) electrons. The molecule has 2 heterocycles. The van der Waals surface area contributed by atoms with Crippen molar-refractivity contribution in [2.24, 2.45) is 11.7 Å². The lowest BCUT2D eigenvalue weighted by Crippen LogP contribution is -2.55. The van der Waals surface area contributed by atoms with Gasteiger partial charge in [-0.25, -0.2) is 0 Å². The van der Waals surface area contributed by atoms with E-state index in [-0.39, 0.29) is 31.1 Å². The van der Waals surface area contributed by atoms with Gasteiger partial charge in [0, 0.05) is 31.6 Å². The van der Waals surface area contributed by atoms with Crippen LogP contribution in [-0.2, 0) is 4.79 Å². The zero-order valence-corrected chi connectivity index (χ0v) is 17.3.